The van der Waals surface area contributed by atoms with Gasteiger partial charge in [0.1, 0.15) is 5.75 Å². The molecule has 0 aliphatic rings. The topological polar surface area (TPSA) is 82.4 Å². The molecule has 1 aromatic heterocycles. The molecule has 1 N–H and O–H groups in total. The van der Waals surface area contributed by atoms with Crippen molar-refractivity contribution in [2.24, 2.45) is 7.05 Å². The predicted molar refractivity (Wildman–Crippen MR) is 93.6 cm³/mol. The molecule has 0 spiro atoms. The number of carbonyl (C=O) groups excluding carboxylic acids is 2. The maximum Gasteiger partial charge on any atom is 0.306 e. The Labute approximate surface area is 146 Å². The lowest BCUT2D eigenvalue weighted by atomic mass is 10.1. The second-order valence-corrected chi connectivity index (χ2v) is 5.68. The highest BCUT2D eigenvalue weighted by Gasteiger charge is 2.14. The zero-order valence-corrected chi connectivity index (χ0v) is 15.0. The van der Waals surface area contributed by atoms with Gasteiger partial charge in [-0.2, -0.15) is 5.10 Å². The largest absolute Gasteiger partial charge is 0.495 e. The summed E-state index contributed by atoms with van der Waals surface area (Å²) in [6.07, 6.45) is 0.744. The zero-order chi connectivity index (χ0) is 18.4. The van der Waals surface area contributed by atoms with E-state index in [-0.39, 0.29) is 13.0 Å². The first-order valence-electron chi connectivity index (χ1n) is 8.00. The number of benzene rings is 1. The average molecular weight is 345 g/mol. The molecule has 0 fully saturated rings. The first kappa shape index (κ1) is 18.5. The molecule has 1 aromatic carbocycles. The van der Waals surface area contributed by atoms with E-state index in [1.165, 1.54) is 7.11 Å². The summed E-state index contributed by atoms with van der Waals surface area (Å²) >= 11 is 0. The van der Waals surface area contributed by atoms with Gasteiger partial charge in [-0.05, 0) is 38.0 Å². The van der Waals surface area contributed by atoms with Gasteiger partial charge in [-0.1, -0.05) is 12.1 Å². The Bertz CT molecular complexity index is 768. The first-order chi connectivity index (χ1) is 11.9. The summed E-state index contributed by atoms with van der Waals surface area (Å²) in [5, 5.41) is 6.97. The number of carbonyl (C=O) groups is 2. The number of rotatable bonds is 7. The number of nitrogens with one attached hydrogen (secondary N) is 1. The second-order valence-electron chi connectivity index (χ2n) is 5.68. The number of ether oxygens (including phenoxy) is 2. The van der Waals surface area contributed by atoms with Crippen LogP contribution in [0, 0.1) is 13.8 Å². The van der Waals surface area contributed by atoms with Crippen molar-refractivity contribution < 1.29 is 19.1 Å². The number of para-hydroxylation sites is 2. The van der Waals surface area contributed by atoms with Gasteiger partial charge in [0.15, 0.2) is 6.61 Å². The molecule has 2 rings (SSSR count). The standard InChI is InChI=1S/C18H23N3O4/c1-12-14(13(2)21(3)20-12)9-10-18(23)25-11-17(22)19-15-7-5-6-8-16(15)24-4/h5-8H,9-11H2,1-4H3,(H,19,22). The van der Waals surface area contributed by atoms with Crippen LogP contribution in [0.15, 0.2) is 24.3 Å². The van der Waals surface area contributed by atoms with Crippen molar-refractivity contribution in [1.82, 2.24) is 9.78 Å². The lowest BCUT2D eigenvalue weighted by molar-refractivity contribution is -0.147. The average Bonchev–Trinajstić information content (AvgIpc) is 2.84. The predicted octanol–water partition coefficient (Wildman–Crippen LogP) is 2.16. The lowest BCUT2D eigenvalue weighted by Crippen LogP contribution is -2.21. The molecule has 134 valence electrons. The summed E-state index contributed by atoms with van der Waals surface area (Å²) in [5.74, 6) is -0.283. The summed E-state index contributed by atoms with van der Waals surface area (Å²) in [6, 6.07) is 7.03. The van der Waals surface area contributed by atoms with Crippen LogP contribution in [0.25, 0.3) is 0 Å². The summed E-state index contributed by atoms with van der Waals surface area (Å²) in [7, 11) is 3.39. The number of aromatic nitrogens is 2. The molecule has 0 atom stereocenters. The van der Waals surface area contributed by atoms with Crippen LogP contribution in [0.1, 0.15) is 23.4 Å². The van der Waals surface area contributed by atoms with Crippen molar-refractivity contribution in [2.45, 2.75) is 26.7 Å². The molecule has 0 unspecified atom stereocenters. The molecule has 7 nitrogen and oxygen atoms in total. The third kappa shape index (κ3) is 4.82. The Balaban J connectivity index is 1.80. The van der Waals surface area contributed by atoms with Gasteiger partial charge in [0, 0.05) is 19.2 Å². The number of hydrogen-bond acceptors (Lipinski definition) is 5. The molecule has 0 aliphatic carbocycles. The number of hydrogen-bond donors (Lipinski definition) is 1. The van der Waals surface area contributed by atoms with Gasteiger partial charge in [0.25, 0.3) is 5.91 Å². The van der Waals surface area contributed by atoms with E-state index in [2.05, 4.69) is 10.4 Å². The highest BCUT2D eigenvalue weighted by molar-refractivity contribution is 5.94. The number of methoxy groups -OCH3 is 1. The lowest BCUT2D eigenvalue weighted by Gasteiger charge is -2.10. The van der Waals surface area contributed by atoms with Gasteiger partial charge < -0.3 is 14.8 Å². The number of aryl methyl sites for hydroxylation is 2. The van der Waals surface area contributed by atoms with Crippen LogP contribution in [-0.4, -0.2) is 35.4 Å². The molecule has 0 saturated carbocycles. The molecule has 25 heavy (non-hydrogen) atoms. The van der Waals surface area contributed by atoms with Gasteiger partial charge >= 0.3 is 5.97 Å². The van der Waals surface area contributed by atoms with E-state index in [1.54, 1.807) is 28.9 Å². The molecular formula is C18H23N3O4. The van der Waals surface area contributed by atoms with Crippen LogP contribution in [0.5, 0.6) is 5.75 Å². The maximum atomic E-state index is 11.9. The molecule has 0 radical (unpaired) electrons. The van der Waals surface area contributed by atoms with Gasteiger partial charge in [-0.15, -0.1) is 0 Å². The first-order valence-corrected chi connectivity index (χ1v) is 8.00. The van der Waals surface area contributed by atoms with Crippen molar-refractivity contribution in [3.63, 3.8) is 0 Å². The van der Waals surface area contributed by atoms with E-state index in [4.69, 9.17) is 9.47 Å². The van der Waals surface area contributed by atoms with E-state index >= 15 is 0 Å². The maximum absolute atomic E-state index is 11.9. The third-order valence-electron chi connectivity index (χ3n) is 3.98. The Morgan fingerprint density at radius 1 is 1.24 bits per heavy atom. The zero-order valence-electron chi connectivity index (χ0n) is 15.0. The van der Waals surface area contributed by atoms with Crippen LogP contribution in [0.3, 0.4) is 0 Å². The van der Waals surface area contributed by atoms with Crippen LogP contribution >= 0.6 is 0 Å². The smallest absolute Gasteiger partial charge is 0.306 e. The van der Waals surface area contributed by atoms with Gasteiger partial charge in [-0.25, -0.2) is 0 Å². The van der Waals surface area contributed by atoms with Crippen molar-refractivity contribution in [2.75, 3.05) is 19.0 Å². The molecule has 1 amide bonds. The van der Waals surface area contributed by atoms with Crippen LogP contribution in [0.2, 0.25) is 0 Å². The minimum atomic E-state index is -0.419. The molecular weight excluding hydrogens is 322 g/mol. The summed E-state index contributed by atoms with van der Waals surface area (Å²) < 4.78 is 12.0. The van der Waals surface area contributed by atoms with Crippen LogP contribution in [-0.2, 0) is 27.8 Å². The Hall–Kier alpha value is -2.83. The monoisotopic (exact) mass is 345 g/mol. The summed E-state index contributed by atoms with van der Waals surface area (Å²) in [4.78, 5) is 23.8. The number of amides is 1. The van der Waals surface area contributed by atoms with Gasteiger partial charge in [-0.3, -0.25) is 14.3 Å². The Morgan fingerprint density at radius 2 is 1.96 bits per heavy atom. The molecule has 2 aromatic rings. The van der Waals surface area contributed by atoms with Crippen LogP contribution < -0.4 is 10.1 Å². The van der Waals surface area contributed by atoms with Gasteiger partial charge in [0.05, 0.1) is 18.5 Å². The minimum Gasteiger partial charge on any atom is -0.495 e. The molecule has 1 heterocycles. The van der Waals surface area contributed by atoms with E-state index < -0.39 is 11.9 Å². The summed E-state index contributed by atoms with van der Waals surface area (Å²) in [5.41, 5.74) is 3.51. The van der Waals surface area contributed by atoms with E-state index in [0.29, 0.717) is 17.9 Å². The number of nitrogens with zero attached hydrogens (tertiary/aromatic N) is 2. The number of esters is 1. The molecule has 0 aliphatic heterocycles. The highest BCUT2D eigenvalue weighted by Crippen LogP contribution is 2.22. The summed E-state index contributed by atoms with van der Waals surface area (Å²) in [6.45, 7) is 3.54. The fourth-order valence-corrected chi connectivity index (χ4v) is 2.56. The fraction of sp³-hybridized carbons (Fsp3) is 0.389. The Morgan fingerprint density at radius 3 is 2.60 bits per heavy atom. The quantitative estimate of drug-likeness (QED) is 0.778. The normalized spacial score (nSPS) is 10.4. The van der Waals surface area contributed by atoms with Crippen LogP contribution in [0.4, 0.5) is 5.69 Å². The fourth-order valence-electron chi connectivity index (χ4n) is 2.56. The van der Waals surface area contributed by atoms with Crippen molar-refractivity contribution in [3.05, 3.63) is 41.2 Å². The molecule has 0 bridgehead atoms. The van der Waals surface area contributed by atoms with E-state index in [9.17, 15) is 9.59 Å². The van der Waals surface area contributed by atoms with Crippen molar-refractivity contribution in [3.8, 4) is 5.75 Å². The minimum absolute atomic E-state index is 0.204. The molecule has 0 saturated heterocycles. The molecule has 7 heteroatoms. The van der Waals surface area contributed by atoms with E-state index in [0.717, 1.165) is 17.0 Å². The van der Waals surface area contributed by atoms with Gasteiger partial charge in [0.2, 0.25) is 0 Å². The highest BCUT2D eigenvalue weighted by atomic mass is 16.5. The van der Waals surface area contributed by atoms with E-state index in [1.807, 2.05) is 20.9 Å². The van der Waals surface area contributed by atoms with Crippen molar-refractivity contribution >= 4 is 17.6 Å². The van der Waals surface area contributed by atoms with Crippen molar-refractivity contribution in [1.29, 1.82) is 0 Å². The second kappa shape index (κ2) is 8.32. The SMILES string of the molecule is COc1ccccc1NC(=O)COC(=O)CCc1c(C)nn(C)c1C. The number of anilines is 1. The Kier molecular flexibility index (Phi) is 6.16. The third-order valence-corrected chi connectivity index (χ3v) is 3.98.